The first-order chi connectivity index (χ1) is 16.0. The molecule has 0 N–H and O–H groups in total. The Kier molecular flexibility index (Phi) is 15.0. The van der Waals surface area contributed by atoms with Gasteiger partial charge in [-0.15, -0.1) is 0 Å². The quantitative estimate of drug-likeness (QED) is 0.334. The monoisotopic (exact) mass is 499 g/mol. The van der Waals surface area contributed by atoms with E-state index in [4.69, 9.17) is 0 Å². The van der Waals surface area contributed by atoms with Gasteiger partial charge >= 0.3 is 0 Å². The zero-order valence-corrected chi connectivity index (χ0v) is 22.6. The van der Waals surface area contributed by atoms with Gasteiger partial charge in [0.15, 0.2) is 0 Å². The summed E-state index contributed by atoms with van der Waals surface area (Å²) < 4.78 is 0. The molecular formula is C36H66. The third kappa shape index (κ3) is 9.51. The standard InChI is InChI=1S/C33H54.3CH4/c1-24-8-12-28(13-9-24)6-5-7-29-16-18-31(19-17-29)23-33-21-20-32(26(3)27(33)4)22-30-14-10-25(2)11-15-30;;;/h20-21,24-25,28-31H,5-19,22-23H2,1-4H3;3*1H4. The summed E-state index contributed by atoms with van der Waals surface area (Å²) in [5, 5.41) is 0. The fourth-order valence-corrected chi connectivity index (χ4v) is 7.57. The first-order valence-corrected chi connectivity index (χ1v) is 15.1. The van der Waals surface area contributed by atoms with E-state index in [0.717, 1.165) is 35.5 Å². The maximum Gasteiger partial charge on any atom is -0.0248 e. The molecule has 0 bridgehead atoms. The Balaban J connectivity index is 0.00000216. The van der Waals surface area contributed by atoms with E-state index in [-0.39, 0.29) is 22.3 Å². The number of rotatable bonds is 8. The van der Waals surface area contributed by atoms with E-state index >= 15 is 0 Å². The SMILES string of the molecule is C.C.C.Cc1c(CC2CCC(C)CC2)ccc(CC2CCC(CCCC3CCC(C)CC3)CC2)c1C. The number of benzene rings is 1. The molecule has 4 rings (SSSR count). The van der Waals surface area contributed by atoms with Gasteiger partial charge in [0.2, 0.25) is 0 Å². The molecule has 0 amide bonds. The fraction of sp³-hybridized carbons (Fsp3) is 0.833. The molecule has 0 aromatic heterocycles. The Bertz CT molecular complexity index is 706. The summed E-state index contributed by atoms with van der Waals surface area (Å²) in [5.74, 6) is 5.93. The van der Waals surface area contributed by atoms with Crippen molar-refractivity contribution >= 4 is 0 Å². The molecule has 0 heteroatoms. The van der Waals surface area contributed by atoms with Gasteiger partial charge in [-0.1, -0.05) is 119 Å². The first kappa shape index (κ1) is 33.2. The van der Waals surface area contributed by atoms with Crippen molar-refractivity contribution in [3.8, 4) is 0 Å². The summed E-state index contributed by atoms with van der Waals surface area (Å²) in [4.78, 5) is 0. The van der Waals surface area contributed by atoms with Crippen molar-refractivity contribution in [2.24, 2.45) is 35.5 Å². The molecule has 3 aliphatic carbocycles. The predicted molar refractivity (Wildman–Crippen MR) is 165 cm³/mol. The summed E-state index contributed by atoms with van der Waals surface area (Å²) in [7, 11) is 0. The van der Waals surface area contributed by atoms with Gasteiger partial charge in [0.05, 0.1) is 0 Å². The Labute approximate surface area is 228 Å². The highest BCUT2D eigenvalue weighted by atomic mass is 14.3. The normalized spacial score (nSPS) is 30.4. The second-order valence-corrected chi connectivity index (χ2v) is 13.1. The third-order valence-electron chi connectivity index (χ3n) is 10.5. The summed E-state index contributed by atoms with van der Waals surface area (Å²) in [5.41, 5.74) is 6.52. The summed E-state index contributed by atoms with van der Waals surface area (Å²) in [6.45, 7) is 9.70. The predicted octanol–water partition coefficient (Wildman–Crippen LogP) is 11.9. The molecule has 0 heterocycles. The van der Waals surface area contributed by atoms with Crippen LogP contribution in [0, 0.1) is 49.4 Å². The van der Waals surface area contributed by atoms with Crippen molar-refractivity contribution in [2.45, 2.75) is 159 Å². The molecule has 0 nitrogen and oxygen atoms in total. The van der Waals surface area contributed by atoms with Crippen molar-refractivity contribution in [2.75, 3.05) is 0 Å². The lowest BCUT2D eigenvalue weighted by Crippen LogP contribution is -2.18. The fourth-order valence-electron chi connectivity index (χ4n) is 7.57. The topological polar surface area (TPSA) is 0 Å². The number of hydrogen-bond acceptors (Lipinski definition) is 0. The minimum absolute atomic E-state index is 0. The van der Waals surface area contributed by atoms with Gasteiger partial charge in [0.1, 0.15) is 0 Å². The number of hydrogen-bond donors (Lipinski definition) is 0. The summed E-state index contributed by atoms with van der Waals surface area (Å²) in [6.07, 6.45) is 25.0. The van der Waals surface area contributed by atoms with Crippen LogP contribution in [0.2, 0.25) is 0 Å². The largest absolute Gasteiger partial charge is 0.0776 e. The van der Waals surface area contributed by atoms with Crippen LogP contribution in [0.25, 0.3) is 0 Å². The molecule has 0 saturated heterocycles. The second-order valence-electron chi connectivity index (χ2n) is 13.1. The molecule has 0 radical (unpaired) electrons. The molecule has 3 saturated carbocycles. The molecule has 210 valence electrons. The zero-order chi connectivity index (χ0) is 23.2. The third-order valence-corrected chi connectivity index (χ3v) is 10.5. The highest BCUT2D eigenvalue weighted by Gasteiger charge is 2.24. The van der Waals surface area contributed by atoms with Gasteiger partial charge < -0.3 is 0 Å². The molecule has 0 spiro atoms. The Morgan fingerprint density at radius 2 is 0.806 bits per heavy atom. The lowest BCUT2D eigenvalue weighted by atomic mass is 9.75. The van der Waals surface area contributed by atoms with Crippen LogP contribution in [0.1, 0.15) is 155 Å². The van der Waals surface area contributed by atoms with Crippen molar-refractivity contribution in [3.05, 3.63) is 34.4 Å². The van der Waals surface area contributed by atoms with Gasteiger partial charge in [-0.3, -0.25) is 0 Å². The Morgan fingerprint density at radius 1 is 0.500 bits per heavy atom. The maximum atomic E-state index is 2.51. The molecule has 36 heavy (non-hydrogen) atoms. The second kappa shape index (κ2) is 16.2. The molecule has 3 aliphatic rings. The van der Waals surface area contributed by atoms with Crippen LogP contribution in [0.4, 0.5) is 0 Å². The average molecular weight is 499 g/mol. The molecule has 0 aliphatic heterocycles. The maximum absolute atomic E-state index is 2.51. The highest BCUT2D eigenvalue weighted by Crippen LogP contribution is 2.37. The highest BCUT2D eigenvalue weighted by molar-refractivity contribution is 5.40. The van der Waals surface area contributed by atoms with Gasteiger partial charge in [0.25, 0.3) is 0 Å². The Hall–Kier alpha value is -0.780. The van der Waals surface area contributed by atoms with E-state index in [0.29, 0.717) is 0 Å². The Morgan fingerprint density at radius 3 is 1.19 bits per heavy atom. The minimum Gasteiger partial charge on any atom is -0.0776 e. The average Bonchev–Trinajstić information content (AvgIpc) is 2.82. The molecule has 0 atom stereocenters. The van der Waals surface area contributed by atoms with Gasteiger partial charge in [-0.2, -0.15) is 0 Å². The van der Waals surface area contributed by atoms with E-state index in [2.05, 4.69) is 39.8 Å². The van der Waals surface area contributed by atoms with Crippen LogP contribution in [0.3, 0.4) is 0 Å². The molecule has 3 fully saturated rings. The zero-order valence-electron chi connectivity index (χ0n) is 22.6. The lowest BCUT2D eigenvalue weighted by Gasteiger charge is -2.30. The van der Waals surface area contributed by atoms with Crippen LogP contribution in [-0.4, -0.2) is 0 Å². The van der Waals surface area contributed by atoms with Crippen molar-refractivity contribution < 1.29 is 0 Å². The van der Waals surface area contributed by atoms with Crippen molar-refractivity contribution in [1.29, 1.82) is 0 Å². The lowest BCUT2D eigenvalue weighted by molar-refractivity contribution is 0.236. The minimum atomic E-state index is 0. The van der Waals surface area contributed by atoms with Crippen LogP contribution >= 0.6 is 0 Å². The van der Waals surface area contributed by atoms with Gasteiger partial charge in [-0.25, -0.2) is 0 Å². The van der Waals surface area contributed by atoms with Gasteiger partial charge in [-0.05, 0) is 110 Å². The van der Waals surface area contributed by atoms with Crippen molar-refractivity contribution in [3.63, 3.8) is 0 Å². The van der Waals surface area contributed by atoms with E-state index in [1.807, 2.05) is 0 Å². The van der Waals surface area contributed by atoms with E-state index in [9.17, 15) is 0 Å². The molecule has 1 aromatic rings. The van der Waals surface area contributed by atoms with Crippen LogP contribution in [0.15, 0.2) is 12.1 Å². The van der Waals surface area contributed by atoms with E-state index in [1.165, 1.54) is 109 Å². The van der Waals surface area contributed by atoms with Crippen molar-refractivity contribution in [1.82, 2.24) is 0 Å². The van der Waals surface area contributed by atoms with E-state index < -0.39 is 0 Å². The smallest absolute Gasteiger partial charge is 0.0248 e. The van der Waals surface area contributed by atoms with Gasteiger partial charge in [0, 0.05) is 0 Å². The van der Waals surface area contributed by atoms with E-state index in [1.54, 1.807) is 22.3 Å². The van der Waals surface area contributed by atoms with Crippen LogP contribution in [0.5, 0.6) is 0 Å². The molecule has 0 unspecified atom stereocenters. The molecular weight excluding hydrogens is 432 g/mol. The first-order valence-electron chi connectivity index (χ1n) is 15.1. The summed E-state index contributed by atoms with van der Waals surface area (Å²) in [6, 6.07) is 5.02. The van der Waals surface area contributed by atoms with Crippen LogP contribution in [-0.2, 0) is 12.8 Å². The summed E-state index contributed by atoms with van der Waals surface area (Å²) >= 11 is 0. The van der Waals surface area contributed by atoms with Crippen LogP contribution < -0.4 is 0 Å². The molecule has 1 aromatic carbocycles.